The first-order chi connectivity index (χ1) is 8.82. The van der Waals surface area contributed by atoms with Crippen molar-refractivity contribution in [2.45, 2.75) is 44.5 Å². The predicted molar refractivity (Wildman–Crippen MR) is 59.3 cm³/mol. The molecule has 1 aliphatic carbocycles. The SMILES string of the molecule is CCOC(=O)N1N=C2CCCC[C@H]2[C@]1(O)C(F)(F)F. The molecule has 0 bridgehead atoms. The first-order valence-corrected chi connectivity index (χ1v) is 6.15. The first-order valence-electron chi connectivity index (χ1n) is 6.15. The quantitative estimate of drug-likeness (QED) is 0.801. The molecule has 1 saturated carbocycles. The predicted octanol–water partition coefficient (Wildman–Crippen LogP) is 2.26. The van der Waals surface area contributed by atoms with Crippen LogP contribution in [-0.2, 0) is 4.74 Å². The second-order valence-electron chi connectivity index (χ2n) is 4.62. The standard InChI is InChI=1S/C11H15F3N2O3/c1-2-19-9(17)16-10(18,11(12,13)14)7-5-3-4-6-8(7)15-16/h7,18H,2-6H2,1H3/t7-,10+/m1/s1. The van der Waals surface area contributed by atoms with Crippen LogP contribution in [0.4, 0.5) is 18.0 Å². The Morgan fingerprint density at radius 1 is 1.58 bits per heavy atom. The number of hydrogen-bond donors (Lipinski definition) is 1. The molecule has 0 radical (unpaired) electrons. The average Bonchev–Trinajstić information content (AvgIpc) is 2.65. The van der Waals surface area contributed by atoms with Crippen LogP contribution in [-0.4, -0.2) is 40.4 Å². The Kier molecular flexibility index (Phi) is 3.46. The van der Waals surface area contributed by atoms with Gasteiger partial charge in [0.2, 0.25) is 0 Å². The minimum absolute atomic E-state index is 0.0574. The Morgan fingerprint density at radius 2 is 2.26 bits per heavy atom. The summed E-state index contributed by atoms with van der Waals surface area (Å²) in [5.74, 6) is -1.19. The molecule has 1 N–H and O–H groups in total. The van der Waals surface area contributed by atoms with Crippen molar-refractivity contribution < 1.29 is 27.8 Å². The smallest absolute Gasteiger partial charge is 0.439 e. The summed E-state index contributed by atoms with van der Waals surface area (Å²) in [4.78, 5) is 11.6. The van der Waals surface area contributed by atoms with Crippen molar-refractivity contribution in [3.8, 4) is 0 Å². The van der Waals surface area contributed by atoms with E-state index in [1.54, 1.807) is 0 Å². The minimum atomic E-state index is -4.98. The lowest BCUT2D eigenvalue weighted by molar-refractivity contribution is -0.315. The minimum Gasteiger partial charge on any atom is -0.448 e. The van der Waals surface area contributed by atoms with E-state index >= 15 is 0 Å². The fourth-order valence-electron chi connectivity index (χ4n) is 2.58. The molecule has 0 aromatic heterocycles. The molecule has 0 saturated heterocycles. The van der Waals surface area contributed by atoms with Crippen molar-refractivity contribution in [2.75, 3.05) is 6.61 Å². The third-order valence-corrected chi connectivity index (χ3v) is 3.47. The number of rotatable bonds is 1. The number of fused-ring (bicyclic) bond motifs is 1. The topological polar surface area (TPSA) is 62.1 Å². The van der Waals surface area contributed by atoms with Gasteiger partial charge < -0.3 is 9.84 Å². The molecule has 0 unspecified atom stereocenters. The van der Waals surface area contributed by atoms with Gasteiger partial charge in [0.05, 0.1) is 12.5 Å². The van der Waals surface area contributed by atoms with Crippen LogP contribution in [0.5, 0.6) is 0 Å². The molecular weight excluding hydrogens is 265 g/mol. The number of nitrogens with zero attached hydrogens (tertiary/aromatic N) is 2. The van der Waals surface area contributed by atoms with Crippen LogP contribution in [0, 0.1) is 5.92 Å². The maximum absolute atomic E-state index is 13.2. The Bertz CT molecular complexity index is 410. The lowest BCUT2D eigenvalue weighted by Crippen LogP contribution is -2.61. The molecule has 5 nitrogen and oxygen atoms in total. The number of ether oxygens (including phenoxy) is 1. The second kappa shape index (κ2) is 4.66. The zero-order valence-electron chi connectivity index (χ0n) is 10.4. The van der Waals surface area contributed by atoms with Crippen LogP contribution in [0.3, 0.4) is 0 Å². The highest BCUT2D eigenvalue weighted by molar-refractivity contribution is 5.92. The van der Waals surface area contributed by atoms with E-state index in [0.29, 0.717) is 19.3 Å². The van der Waals surface area contributed by atoms with Crippen LogP contribution in [0.25, 0.3) is 0 Å². The maximum Gasteiger partial charge on any atom is 0.439 e. The van der Waals surface area contributed by atoms with Crippen LogP contribution >= 0.6 is 0 Å². The Balaban J connectivity index is 2.39. The van der Waals surface area contributed by atoms with Crippen molar-refractivity contribution >= 4 is 11.8 Å². The van der Waals surface area contributed by atoms with E-state index in [2.05, 4.69) is 9.84 Å². The molecule has 0 spiro atoms. The second-order valence-corrected chi connectivity index (χ2v) is 4.62. The van der Waals surface area contributed by atoms with Crippen LogP contribution in [0.1, 0.15) is 32.6 Å². The summed E-state index contributed by atoms with van der Waals surface area (Å²) in [5, 5.41) is 13.8. The van der Waals surface area contributed by atoms with Crippen molar-refractivity contribution in [2.24, 2.45) is 11.0 Å². The van der Waals surface area contributed by atoms with Crippen molar-refractivity contribution in [3.05, 3.63) is 0 Å². The van der Waals surface area contributed by atoms with Gasteiger partial charge >= 0.3 is 12.3 Å². The van der Waals surface area contributed by atoms with Gasteiger partial charge in [0, 0.05) is 5.71 Å². The van der Waals surface area contributed by atoms with E-state index in [9.17, 15) is 23.1 Å². The molecule has 0 aromatic rings. The third-order valence-electron chi connectivity index (χ3n) is 3.47. The summed E-state index contributed by atoms with van der Waals surface area (Å²) in [5.41, 5.74) is -3.06. The fourth-order valence-corrected chi connectivity index (χ4v) is 2.58. The van der Waals surface area contributed by atoms with E-state index in [0.717, 1.165) is 0 Å². The van der Waals surface area contributed by atoms with E-state index in [-0.39, 0.29) is 23.7 Å². The maximum atomic E-state index is 13.2. The Hall–Kier alpha value is -1.31. The summed E-state index contributed by atoms with van der Waals surface area (Å²) < 4.78 is 44.1. The van der Waals surface area contributed by atoms with Crippen molar-refractivity contribution in [3.63, 3.8) is 0 Å². The Morgan fingerprint density at radius 3 is 2.84 bits per heavy atom. The molecule has 0 aromatic carbocycles. The molecule has 2 atom stereocenters. The highest BCUT2D eigenvalue weighted by Crippen LogP contribution is 2.48. The molecule has 108 valence electrons. The van der Waals surface area contributed by atoms with E-state index < -0.39 is 23.9 Å². The number of hydrazone groups is 1. The molecule has 1 heterocycles. The van der Waals surface area contributed by atoms with E-state index in [1.165, 1.54) is 6.92 Å². The average molecular weight is 280 g/mol. The van der Waals surface area contributed by atoms with Gasteiger partial charge in [-0.2, -0.15) is 23.3 Å². The summed E-state index contributed by atoms with van der Waals surface area (Å²) in [6, 6.07) is 0. The monoisotopic (exact) mass is 280 g/mol. The highest BCUT2D eigenvalue weighted by Gasteiger charge is 2.68. The number of amides is 1. The van der Waals surface area contributed by atoms with Crippen LogP contribution in [0.15, 0.2) is 5.10 Å². The number of alkyl halides is 3. The van der Waals surface area contributed by atoms with Crippen molar-refractivity contribution in [1.29, 1.82) is 0 Å². The lowest BCUT2D eigenvalue weighted by atomic mass is 9.80. The number of carbonyl (C=O) groups excluding carboxylic acids is 1. The summed E-state index contributed by atoms with van der Waals surface area (Å²) in [7, 11) is 0. The van der Waals surface area contributed by atoms with Gasteiger partial charge in [-0.3, -0.25) is 0 Å². The summed E-state index contributed by atoms with van der Waals surface area (Å²) in [6.45, 7) is 1.39. The first kappa shape index (κ1) is 14.1. The number of halogens is 3. The third kappa shape index (κ3) is 2.07. The molecular formula is C11H15F3N2O3. The number of aliphatic hydroxyl groups is 1. The van der Waals surface area contributed by atoms with Crippen LogP contribution in [0.2, 0.25) is 0 Å². The van der Waals surface area contributed by atoms with E-state index in [1.807, 2.05) is 0 Å². The molecule has 8 heteroatoms. The zero-order chi connectivity index (χ0) is 14.3. The van der Waals surface area contributed by atoms with Gasteiger partial charge in [-0.15, -0.1) is 0 Å². The molecule has 1 fully saturated rings. The van der Waals surface area contributed by atoms with Gasteiger partial charge in [0.1, 0.15) is 0 Å². The summed E-state index contributed by atoms with van der Waals surface area (Å²) in [6.07, 6.45) is -4.46. The molecule has 2 aliphatic rings. The van der Waals surface area contributed by atoms with Crippen molar-refractivity contribution in [1.82, 2.24) is 5.01 Å². The summed E-state index contributed by atoms with van der Waals surface area (Å²) >= 11 is 0. The van der Waals surface area contributed by atoms with Gasteiger partial charge in [-0.1, -0.05) is 6.42 Å². The van der Waals surface area contributed by atoms with Gasteiger partial charge in [0.15, 0.2) is 0 Å². The largest absolute Gasteiger partial charge is 0.448 e. The highest BCUT2D eigenvalue weighted by atomic mass is 19.4. The molecule has 1 amide bonds. The Labute approximate surface area is 108 Å². The molecule has 19 heavy (non-hydrogen) atoms. The number of hydrogen-bond acceptors (Lipinski definition) is 4. The van der Waals surface area contributed by atoms with Gasteiger partial charge in [-0.05, 0) is 26.2 Å². The zero-order valence-corrected chi connectivity index (χ0v) is 10.4. The van der Waals surface area contributed by atoms with E-state index in [4.69, 9.17) is 0 Å². The van der Waals surface area contributed by atoms with Gasteiger partial charge in [0.25, 0.3) is 5.72 Å². The number of carbonyl (C=O) groups is 1. The lowest BCUT2D eigenvalue weighted by Gasteiger charge is -2.37. The normalized spacial score (nSPS) is 30.9. The van der Waals surface area contributed by atoms with Gasteiger partial charge in [-0.25, -0.2) is 4.79 Å². The molecule has 2 rings (SSSR count). The fraction of sp³-hybridized carbons (Fsp3) is 0.818. The van der Waals surface area contributed by atoms with Crippen LogP contribution < -0.4 is 0 Å². The molecule has 1 aliphatic heterocycles.